The second-order valence-corrected chi connectivity index (χ2v) is 3.66. The first-order chi connectivity index (χ1) is 8.58. The molecule has 0 atom stereocenters. The Morgan fingerprint density at radius 3 is 2.83 bits per heavy atom. The molecule has 1 heterocycles. The third-order valence-corrected chi connectivity index (χ3v) is 2.37. The molecule has 3 N–H and O–H groups in total. The first-order valence-corrected chi connectivity index (χ1v) is 5.21. The van der Waals surface area contributed by atoms with E-state index in [4.69, 9.17) is 10.2 Å². The smallest absolute Gasteiger partial charge is 0.345 e. The van der Waals surface area contributed by atoms with Crippen LogP contribution < -0.4 is 16.8 Å². The van der Waals surface area contributed by atoms with Crippen LogP contribution in [0.2, 0.25) is 0 Å². The lowest BCUT2D eigenvalue weighted by molar-refractivity contribution is 0.249. The minimum absolute atomic E-state index is 0.280. The summed E-state index contributed by atoms with van der Waals surface area (Å²) in [6.45, 7) is 1.58. The van der Waals surface area contributed by atoms with E-state index in [9.17, 15) is 9.59 Å². The molecular weight excluding hydrogens is 234 g/mol. The summed E-state index contributed by atoms with van der Waals surface area (Å²) in [5.74, 6) is 0. The van der Waals surface area contributed by atoms with E-state index < -0.39 is 11.7 Å². The Morgan fingerprint density at radius 2 is 2.11 bits per heavy atom. The van der Waals surface area contributed by atoms with Crippen molar-refractivity contribution in [2.75, 3.05) is 0 Å². The van der Waals surface area contributed by atoms with Crippen LogP contribution in [0.15, 0.2) is 44.6 Å². The maximum Gasteiger partial charge on any atom is 0.345 e. The van der Waals surface area contributed by atoms with Gasteiger partial charge in [-0.15, -0.1) is 0 Å². The molecule has 0 aliphatic heterocycles. The number of rotatable bonds is 2. The van der Waals surface area contributed by atoms with Crippen LogP contribution in [0.25, 0.3) is 11.0 Å². The molecule has 0 aliphatic carbocycles. The number of carbonyl (C=O) groups is 1. The van der Waals surface area contributed by atoms with Crippen molar-refractivity contribution in [2.45, 2.75) is 6.92 Å². The molecule has 1 aromatic heterocycles. The Balaban J connectivity index is 2.51. The highest BCUT2D eigenvalue weighted by Crippen LogP contribution is 2.12. The van der Waals surface area contributed by atoms with Crippen LogP contribution in [-0.2, 0) is 0 Å². The van der Waals surface area contributed by atoms with Crippen molar-refractivity contribution in [2.24, 2.45) is 10.8 Å². The molecule has 0 saturated carbocycles. The number of nitrogens with one attached hydrogen (secondary N) is 1. The van der Waals surface area contributed by atoms with Crippen LogP contribution in [0.1, 0.15) is 12.5 Å². The van der Waals surface area contributed by atoms with Crippen molar-refractivity contribution in [3.8, 4) is 0 Å². The average Bonchev–Trinajstić information content (AvgIpc) is 2.35. The van der Waals surface area contributed by atoms with Gasteiger partial charge in [0.25, 0.3) is 0 Å². The lowest BCUT2D eigenvalue weighted by Crippen LogP contribution is -2.26. The fourth-order valence-electron chi connectivity index (χ4n) is 1.51. The highest BCUT2D eigenvalue weighted by atomic mass is 16.4. The van der Waals surface area contributed by atoms with Crippen LogP contribution in [0.3, 0.4) is 0 Å². The first kappa shape index (κ1) is 11.8. The van der Waals surface area contributed by atoms with Gasteiger partial charge in [0.05, 0.1) is 11.3 Å². The molecule has 0 aliphatic rings. The van der Waals surface area contributed by atoms with Gasteiger partial charge in [-0.2, -0.15) is 5.10 Å². The van der Waals surface area contributed by atoms with Gasteiger partial charge in [-0.3, -0.25) is 0 Å². The lowest BCUT2D eigenvalue weighted by atomic mass is 10.1. The number of primary amides is 1. The topological polar surface area (TPSA) is 97.7 Å². The van der Waals surface area contributed by atoms with E-state index in [0.29, 0.717) is 11.3 Å². The molecule has 92 valence electrons. The Morgan fingerprint density at radius 1 is 1.39 bits per heavy atom. The number of carbonyl (C=O) groups excluding carboxylic acids is 1. The van der Waals surface area contributed by atoms with Gasteiger partial charge in [-0.05, 0) is 19.1 Å². The van der Waals surface area contributed by atoms with Gasteiger partial charge in [-0.1, -0.05) is 18.2 Å². The summed E-state index contributed by atoms with van der Waals surface area (Å²) in [7, 11) is 0. The number of hydrazone groups is 1. The summed E-state index contributed by atoms with van der Waals surface area (Å²) in [5, 5.41) is 4.47. The van der Waals surface area contributed by atoms with Crippen LogP contribution >= 0.6 is 0 Å². The number of fused-ring (bicyclic) bond motifs is 1. The average molecular weight is 245 g/mol. The Kier molecular flexibility index (Phi) is 3.09. The van der Waals surface area contributed by atoms with Gasteiger partial charge >= 0.3 is 11.7 Å². The minimum atomic E-state index is -0.792. The number of urea groups is 1. The first-order valence-electron chi connectivity index (χ1n) is 5.21. The molecule has 0 fully saturated rings. The molecule has 18 heavy (non-hydrogen) atoms. The highest BCUT2D eigenvalue weighted by Gasteiger charge is 2.08. The van der Waals surface area contributed by atoms with Gasteiger partial charge in [0, 0.05) is 5.39 Å². The van der Waals surface area contributed by atoms with Gasteiger partial charge in [0.2, 0.25) is 0 Å². The fourth-order valence-corrected chi connectivity index (χ4v) is 1.51. The molecule has 0 spiro atoms. The number of amides is 2. The van der Waals surface area contributed by atoms with Crippen molar-refractivity contribution in [3.05, 3.63) is 46.3 Å². The van der Waals surface area contributed by atoms with Crippen LogP contribution in [0.5, 0.6) is 0 Å². The molecule has 2 rings (SSSR count). The second-order valence-electron chi connectivity index (χ2n) is 3.66. The summed E-state index contributed by atoms with van der Waals surface area (Å²) in [4.78, 5) is 22.3. The van der Waals surface area contributed by atoms with Crippen LogP contribution in [-0.4, -0.2) is 11.7 Å². The number of nitrogens with zero attached hydrogens (tertiary/aromatic N) is 1. The molecule has 0 unspecified atom stereocenters. The highest BCUT2D eigenvalue weighted by molar-refractivity contribution is 6.00. The summed E-state index contributed by atoms with van der Waals surface area (Å²) in [5.41, 5.74) is 7.55. The molecular formula is C12H11N3O3. The minimum Gasteiger partial charge on any atom is -0.422 e. The van der Waals surface area contributed by atoms with Crippen molar-refractivity contribution in [3.63, 3.8) is 0 Å². The maximum absolute atomic E-state index is 11.7. The van der Waals surface area contributed by atoms with Gasteiger partial charge in [-0.25, -0.2) is 15.0 Å². The molecule has 6 nitrogen and oxygen atoms in total. The van der Waals surface area contributed by atoms with E-state index in [1.165, 1.54) is 0 Å². The normalized spacial score (nSPS) is 11.5. The third-order valence-electron chi connectivity index (χ3n) is 2.37. The van der Waals surface area contributed by atoms with E-state index in [-0.39, 0.29) is 5.56 Å². The predicted octanol–water partition coefficient (Wildman–Crippen LogP) is 1.19. The zero-order valence-corrected chi connectivity index (χ0v) is 9.64. The second kappa shape index (κ2) is 4.70. The predicted molar refractivity (Wildman–Crippen MR) is 67.4 cm³/mol. The Labute approximate surface area is 102 Å². The summed E-state index contributed by atoms with van der Waals surface area (Å²) < 4.78 is 5.14. The molecule has 1 aromatic carbocycles. The van der Waals surface area contributed by atoms with Gasteiger partial charge in [0.15, 0.2) is 0 Å². The zero-order chi connectivity index (χ0) is 13.1. The molecule has 6 heteroatoms. The van der Waals surface area contributed by atoms with Gasteiger partial charge in [0.1, 0.15) is 5.58 Å². The molecule has 0 saturated heterocycles. The molecule has 0 bridgehead atoms. The fraction of sp³-hybridized carbons (Fsp3) is 0.0833. The third kappa shape index (κ3) is 2.37. The number of hydrogen-bond donors (Lipinski definition) is 2. The van der Waals surface area contributed by atoms with Crippen LogP contribution in [0.4, 0.5) is 4.79 Å². The van der Waals surface area contributed by atoms with E-state index >= 15 is 0 Å². The number of nitrogens with two attached hydrogens (primary N) is 1. The molecule has 2 amide bonds. The monoisotopic (exact) mass is 245 g/mol. The number of para-hydroxylation sites is 1. The van der Waals surface area contributed by atoms with Gasteiger partial charge < -0.3 is 10.2 Å². The zero-order valence-electron chi connectivity index (χ0n) is 9.64. The van der Waals surface area contributed by atoms with Crippen molar-refractivity contribution < 1.29 is 9.21 Å². The lowest BCUT2D eigenvalue weighted by Gasteiger charge is -2.01. The number of hydrogen-bond acceptors (Lipinski definition) is 4. The van der Waals surface area contributed by atoms with Crippen molar-refractivity contribution >= 4 is 22.7 Å². The number of benzene rings is 1. The quantitative estimate of drug-likeness (QED) is 0.472. The van der Waals surface area contributed by atoms with E-state index in [2.05, 4.69) is 10.5 Å². The standard InChI is InChI=1S/C12H11N3O3/c1-7(14-15-12(13)17)9-6-8-4-2-3-5-10(8)18-11(9)16/h2-6H,1H3,(H3,13,15,17)/b14-7-. The van der Waals surface area contributed by atoms with E-state index in [1.54, 1.807) is 25.1 Å². The van der Waals surface area contributed by atoms with Crippen molar-refractivity contribution in [1.29, 1.82) is 0 Å². The SMILES string of the molecule is C/C(=N/NC(N)=O)c1cc2ccccc2oc1=O. The van der Waals surface area contributed by atoms with E-state index in [1.807, 2.05) is 12.1 Å². The summed E-state index contributed by atoms with van der Waals surface area (Å²) in [6, 6.07) is 7.99. The summed E-state index contributed by atoms with van der Waals surface area (Å²) in [6.07, 6.45) is 0. The molecule has 0 radical (unpaired) electrons. The maximum atomic E-state index is 11.7. The largest absolute Gasteiger partial charge is 0.422 e. The van der Waals surface area contributed by atoms with Crippen molar-refractivity contribution in [1.82, 2.24) is 5.43 Å². The Hall–Kier alpha value is -2.63. The van der Waals surface area contributed by atoms with E-state index in [0.717, 1.165) is 5.39 Å². The molecule has 2 aromatic rings. The van der Waals surface area contributed by atoms with Crippen LogP contribution in [0, 0.1) is 0 Å². The summed E-state index contributed by atoms with van der Waals surface area (Å²) >= 11 is 0. The Bertz CT molecular complexity index is 688.